The number of ether oxygens (including phenoxy) is 1. The summed E-state index contributed by atoms with van der Waals surface area (Å²) in [4.78, 5) is 11.0. The van der Waals surface area contributed by atoms with Crippen LogP contribution in [-0.2, 0) is 0 Å². The van der Waals surface area contributed by atoms with E-state index in [1.807, 2.05) is 31.3 Å². The van der Waals surface area contributed by atoms with Gasteiger partial charge in [0, 0.05) is 38.9 Å². The molecule has 0 spiro atoms. The van der Waals surface area contributed by atoms with Crippen molar-refractivity contribution < 1.29 is 4.74 Å². The number of aliphatic imine (C=N–C) groups is 1. The van der Waals surface area contributed by atoms with E-state index in [0.29, 0.717) is 17.0 Å². The van der Waals surface area contributed by atoms with Gasteiger partial charge in [0.2, 0.25) is 0 Å². The molecule has 0 bridgehead atoms. The van der Waals surface area contributed by atoms with Crippen molar-refractivity contribution in [3.8, 4) is 5.75 Å². The van der Waals surface area contributed by atoms with Gasteiger partial charge in [0.1, 0.15) is 11.6 Å². The minimum atomic E-state index is 0. The number of aromatic nitrogens is 1. The lowest BCUT2D eigenvalue weighted by atomic mass is 9.98. The van der Waals surface area contributed by atoms with Crippen molar-refractivity contribution >= 4 is 47.4 Å². The first-order valence-corrected chi connectivity index (χ1v) is 10.4. The number of guanidine groups is 1. The highest BCUT2D eigenvalue weighted by atomic mass is 127. The van der Waals surface area contributed by atoms with E-state index < -0.39 is 0 Å². The molecular weight excluding hydrogens is 513 g/mol. The Labute approximate surface area is 201 Å². The van der Waals surface area contributed by atoms with E-state index in [9.17, 15) is 0 Å². The predicted octanol–water partition coefficient (Wildman–Crippen LogP) is 4.30. The summed E-state index contributed by atoms with van der Waals surface area (Å²) in [5.41, 5.74) is 1.31. The molecule has 1 aliphatic heterocycles. The van der Waals surface area contributed by atoms with Crippen LogP contribution in [0.15, 0.2) is 47.6 Å². The summed E-state index contributed by atoms with van der Waals surface area (Å²) in [6, 6.07) is 12.3. The van der Waals surface area contributed by atoms with Gasteiger partial charge in [0.25, 0.3) is 0 Å². The van der Waals surface area contributed by atoms with Crippen LogP contribution >= 0.6 is 35.6 Å². The molecule has 8 heteroatoms. The molecule has 1 aromatic carbocycles. The lowest BCUT2D eigenvalue weighted by Gasteiger charge is -2.20. The maximum atomic E-state index is 6.28. The van der Waals surface area contributed by atoms with Gasteiger partial charge in [-0.15, -0.1) is 24.0 Å². The molecule has 2 aromatic rings. The zero-order chi connectivity index (χ0) is 20.6. The third-order valence-electron chi connectivity index (χ3n) is 5.35. The zero-order valence-electron chi connectivity index (χ0n) is 17.8. The van der Waals surface area contributed by atoms with Crippen LogP contribution in [0.1, 0.15) is 31.2 Å². The summed E-state index contributed by atoms with van der Waals surface area (Å²) < 4.78 is 5.23. The van der Waals surface area contributed by atoms with Crippen LogP contribution < -0.4 is 20.3 Å². The molecule has 2 unspecified atom stereocenters. The molecular formula is C22H31ClIN5O. The monoisotopic (exact) mass is 543 g/mol. The first-order valence-electron chi connectivity index (χ1n) is 10.1. The minimum absolute atomic E-state index is 0. The smallest absolute Gasteiger partial charge is 0.191 e. The standard InChI is InChI=1S/C22H30ClN5O.HI/c1-16(17-6-8-19(29-3)9-7-17)10-13-26-22(24-2)27-18-11-14-28(15-18)21-20(23)5-4-12-25-21;/h4-9,12,16,18H,10-11,13-15H2,1-3H3,(H2,24,26,27);1H. The van der Waals surface area contributed by atoms with Crippen LogP contribution in [0, 0.1) is 0 Å². The van der Waals surface area contributed by atoms with Crippen LogP contribution in [0.4, 0.5) is 5.82 Å². The molecule has 0 saturated carbocycles. The van der Waals surface area contributed by atoms with Crippen molar-refractivity contribution in [3.05, 3.63) is 53.2 Å². The molecule has 30 heavy (non-hydrogen) atoms. The average Bonchev–Trinajstić information content (AvgIpc) is 3.21. The molecule has 2 atom stereocenters. The maximum Gasteiger partial charge on any atom is 0.191 e. The average molecular weight is 544 g/mol. The number of anilines is 1. The molecule has 6 nitrogen and oxygen atoms in total. The minimum Gasteiger partial charge on any atom is -0.497 e. The summed E-state index contributed by atoms with van der Waals surface area (Å²) >= 11 is 6.28. The first-order chi connectivity index (χ1) is 14.1. The molecule has 1 fully saturated rings. The van der Waals surface area contributed by atoms with Crippen molar-refractivity contribution in [1.29, 1.82) is 0 Å². The largest absolute Gasteiger partial charge is 0.497 e. The fourth-order valence-electron chi connectivity index (χ4n) is 3.57. The molecule has 2 heterocycles. The molecule has 1 saturated heterocycles. The van der Waals surface area contributed by atoms with Crippen molar-refractivity contribution in [3.63, 3.8) is 0 Å². The van der Waals surface area contributed by atoms with E-state index in [1.165, 1.54) is 5.56 Å². The highest BCUT2D eigenvalue weighted by Gasteiger charge is 2.25. The number of pyridine rings is 1. The van der Waals surface area contributed by atoms with Crippen LogP contribution in [0.2, 0.25) is 5.02 Å². The predicted molar refractivity (Wildman–Crippen MR) is 136 cm³/mol. The molecule has 2 N–H and O–H groups in total. The number of hydrogen-bond donors (Lipinski definition) is 2. The van der Waals surface area contributed by atoms with Crippen molar-refractivity contribution in [2.24, 2.45) is 4.99 Å². The van der Waals surface area contributed by atoms with E-state index in [2.05, 4.69) is 44.6 Å². The Morgan fingerprint density at radius 1 is 1.33 bits per heavy atom. The van der Waals surface area contributed by atoms with Gasteiger partial charge in [0.15, 0.2) is 5.96 Å². The van der Waals surface area contributed by atoms with Crippen molar-refractivity contribution in [2.45, 2.75) is 31.7 Å². The first kappa shape index (κ1) is 24.5. The fraction of sp³-hybridized carbons (Fsp3) is 0.455. The Hall–Kier alpha value is -1.74. The molecule has 164 valence electrons. The molecule has 1 aromatic heterocycles. The zero-order valence-corrected chi connectivity index (χ0v) is 20.9. The topological polar surface area (TPSA) is 61.8 Å². The van der Waals surface area contributed by atoms with E-state index in [4.69, 9.17) is 16.3 Å². The van der Waals surface area contributed by atoms with E-state index >= 15 is 0 Å². The Kier molecular flexibility index (Phi) is 9.97. The number of rotatable bonds is 7. The van der Waals surface area contributed by atoms with Gasteiger partial charge in [-0.25, -0.2) is 4.98 Å². The number of hydrogen-bond acceptors (Lipinski definition) is 4. The van der Waals surface area contributed by atoms with E-state index in [1.54, 1.807) is 13.3 Å². The highest BCUT2D eigenvalue weighted by Crippen LogP contribution is 2.26. The van der Waals surface area contributed by atoms with Crippen molar-refractivity contribution in [1.82, 2.24) is 15.6 Å². The fourth-order valence-corrected chi connectivity index (χ4v) is 3.82. The summed E-state index contributed by atoms with van der Waals surface area (Å²) in [5.74, 6) is 3.04. The summed E-state index contributed by atoms with van der Waals surface area (Å²) in [6.07, 6.45) is 3.83. The van der Waals surface area contributed by atoms with Gasteiger partial charge in [-0.3, -0.25) is 4.99 Å². The Balaban J connectivity index is 0.00000320. The van der Waals surface area contributed by atoms with Crippen molar-refractivity contribution in [2.75, 3.05) is 38.7 Å². The second-order valence-electron chi connectivity index (χ2n) is 7.35. The molecule has 0 aliphatic carbocycles. The third kappa shape index (κ3) is 6.63. The van der Waals surface area contributed by atoms with Crippen LogP contribution in [0.5, 0.6) is 5.75 Å². The number of nitrogens with one attached hydrogen (secondary N) is 2. The number of halogens is 2. The van der Waals surface area contributed by atoms with Crippen LogP contribution in [0.3, 0.4) is 0 Å². The van der Waals surface area contributed by atoms with E-state index in [-0.39, 0.29) is 24.0 Å². The lowest BCUT2D eigenvalue weighted by molar-refractivity contribution is 0.414. The second-order valence-corrected chi connectivity index (χ2v) is 7.75. The van der Waals surface area contributed by atoms with Gasteiger partial charge in [-0.1, -0.05) is 30.7 Å². The summed E-state index contributed by atoms with van der Waals surface area (Å²) in [7, 11) is 3.50. The van der Waals surface area contributed by atoms with E-state index in [0.717, 1.165) is 50.0 Å². The van der Waals surface area contributed by atoms with Gasteiger partial charge < -0.3 is 20.3 Å². The van der Waals surface area contributed by atoms with Gasteiger partial charge in [-0.2, -0.15) is 0 Å². The Bertz CT molecular complexity index is 817. The molecule has 0 radical (unpaired) electrons. The molecule has 3 rings (SSSR count). The summed E-state index contributed by atoms with van der Waals surface area (Å²) in [5, 5.41) is 7.66. The number of benzene rings is 1. The van der Waals surface area contributed by atoms with Gasteiger partial charge in [-0.05, 0) is 48.6 Å². The number of methoxy groups -OCH3 is 1. The number of nitrogens with zero attached hydrogens (tertiary/aromatic N) is 3. The third-order valence-corrected chi connectivity index (χ3v) is 5.64. The normalized spacial score (nSPS) is 17.3. The summed E-state index contributed by atoms with van der Waals surface area (Å²) in [6.45, 7) is 4.89. The molecule has 1 aliphatic rings. The second kappa shape index (κ2) is 12.2. The van der Waals surface area contributed by atoms with Gasteiger partial charge >= 0.3 is 0 Å². The van der Waals surface area contributed by atoms with Crippen LogP contribution in [0.25, 0.3) is 0 Å². The Morgan fingerprint density at radius 3 is 2.77 bits per heavy atom. The maximum absolute atomic E-state index is 6.28. The molecule has 0 amide bonds. The SMILES string of the molecule is CN=C(NCCC(C)c1ccc(OC)cc1)NC1CCN(c2ncccc2Cl)C1.I. The Morgan fingerprint density at radius 2 is 2.10 bits per heavy atom. The highest BCUT2D eigenvalue weighted by molar-refractivity contribution is 14.0. The quantitative estimate of drug-likeness (QED) is 0.310. The lowest BCUT2D eigenvalue weighted by Crippen LogP contribution is -2.45. The van der Waals surface area contributed by atoms with Gasteiger partial charge in [0.05, 0.1) is 12.1 Å². The van der Waals surface area contributed by atoms with Crippen LogP contribution in [-0.4, -0.2) is 50.8 Å².